The van der Waals surface area contributed by atoms with E-state index in [1.807, 2.05) is 20.8 Å². The van der Waals surface area contributed by atoms with Crippen LogP contribution in [0.15, 0.2) is 18.2 Å². The summed E-state index contributed by atoms with van der Waals surface area (Å²) in [5.74, 6) is -1.70. The van der Waals surface area contributed by atoms with Crippen molar-refractivity contribution in [2.24, 2.45) is 5.92 Å². The van der Waals surface area contributed by atoms with Gasteiger partial charge in [0.25, 0.3) is 11.8 Å². The molecule has 1 atom stereocenters. The Bertz CT molecular complexity index is 1020. The zero-order chi connectivity index (χ0) is 23.9. The van der Waals surface area contributed by atoms with Crippen LogP contribution in [0.5, 0.6) is 5.75 Å². The molecule has 5 amide bonds. The topological polar surface area (TPSA) is 122 Å². The quantitative estimate of drug-likeness (QED) is 0.668. The van der Waals surface area contributed by atoms with Crippen molar-refractivity contribution in [3.8, 4) is 5.75 Å². The van der Waals surface area contributed by atoms with Crippen molar-refractivity contribution in [2.75, 3.05) is 19.7 Å². The van der Waals surface area contributed by atoms with Crippen LogP contribution in [-0.4, -0.2) is 70.9 Å². The maximum absolute atomic E-state index is 13.1. The van der Waals surface area contributed by atoms with Crippen molar-refractivity contribution in [1.29, 1.82) is 0 Å². The smallest absolute Gasteiger partial charge is 0.410 e. The van der Waals surface area contributed by atoms with Crippen molar-refractivity contribution in [2.45, 2.75) is 51.7 Å². The molecule has 176 valence electrons. The molecule has 0 aliphatic carbocycles. The minimum atomic E-state index is -1.02. The van der Waals surface area contributed by atoms with E-state index in [-0.39, 0.29) is 41.7 Å². The SMILES string of the molecule is CC(C)(C)OC(=O)N1CC(CCOc2cccc3c2C(=O)N(C2CCC(=O)NC2=O)C3=O)C1. The van der Waals surface area contributed by atoms with E-state index in [4.69, 9.17) is 9.47 Å². The van der Waals surface area contributed by atoms with Crippen LogP contribution < -0.4 is 10.1 Å². The van der Waals surface area contributed by atoms with Gasteiger partial charge in [0.2, 0.25) is 11.8 Å². The molecule has 4 rings (SSSR count). The second-order valence-electron chi connectivity index (χ2n) is 9.51. The molecule has 1 aromatic carbocycles. The number of benzene rings is 1. The van der Waals surface area contributed by atoms with Gasteiger partial charge >= 0.3 is 6.09 Å². The lowest BCUT2D eigenvalue weighted by atomic mass is 9.97. The Hall–Kier alpha value is -3.43. The Kier molecular flexibility index (Phi) is 5.85. The average molecular weight is 457 g/mol. The van der Waals surface area contributed by atoms with E-state index in [2.05, 4.69) is 5.32 Å². The molecule has 1 N–H and O–H groups in total. The molecule has 0 saturated carbocycles. The Morgan fingerprint density at radius 3 is 2.52 bits per heavy atom. The second-order valence-corrected chi connectivity index (χ2v) is 9.51. The fourth-order valence-electron chi connectivity index (χ4n) is 4.17. The number of carbonyl (C=O) groups excluding carboxylic acids is 5. The molecule has 0 bridgehead atoms. The maximum atomic E-state index is 13.1. The summed E-state index contributed by atoms with van der Waals surface area (Å²) in [6.07, 6.45) is 0.497. The number of carbonyl (C=O) groups is 5. The first-order valence-electron chi connectivity index (χ1n) is 11.0. The Labute approximate surface area is 191 Å². The monoisotopic (exact) mass is 457 g/mol. The summed E-state index contributed by atoms with van der Waals surface area (Å²) in [7, 11) is 0. The number of nitrogens with one attached hydrogen (secondary N) is 1. The lowest BCUT2D eigenvalue weighted by Crippen LogP contribution is -2.54. The molecular formula is C23H27N3O7. The maximum Gasteiger partial charge on any atom is 0.410 e. The number of hydrogen-bond donors (Lipinski definition) is 1. The third-order valence-electron chi connectivity index (χ3n) is 5.82. The lowest BCUT2D eigenvalue weighted by molar-refractivity contribution is -0.136. The van der Waals surface area contributed by atoms with Crippen LogP contribution in [0.3, 0.4) is 0 Å². The molecule has 3 aliphatic heterocycles. The van der Waals surface area contributed by atoms with Gasteiger partial charge < -0.3 is 14.4 Å². The summed E-state index contributed by atoms with van der Waals surface area (Å²) in [5.41, 5.74) is -0.219. The summed E-state index contributed by atoms with van der Waals surface area (Å²) < 4.78 is 11.2. The first-order valence-corrected chi connectivity index (χ1v) is 11.0. The molecule has 2 saturated heterocycles. The van der Waals surface area contributed by atoms with Gasteiger partial charge in [0.15, 0.2) is 0 Å². The molecule has 1 unspecified atom stereocenters. The number of piperidine rings is 1. The molecule has 3 aliphatic rings. The molecule has 10 heteroatoms. The summed E-state index contributed by atoms with van der Waals surface area (Å²) in [6.45, 7) is 6.92. The molecule has 2 fully saturated rings. The largest absolute Gasteiger partial charge is 0.493 e. The van der Waals surface area contributed by atoms with E-state index in [1.54, 1.807) is 17.0 Å². The first kappa shape index (κ1) is 22.8. The molecule has 10 nitrogen and oxygen atoms in total. The van der Waals surface area contributed by atoms with Crippen LogP contribution in [0, 0.1) is 5.92 Å². The predicted molar refractivity (Wildman–Crippen MR) is 115 cm³/mol. The number of amides is 5. The van der Waals surface area contributed by atoms with Crippen molar-refractivity contribution in [3.05, 3.63) is 29.3 Å². The van der Waals surface area contributed by atoms with Crippen LogP contribution in [0.25, 0.3) is 0 Å². The molecule has 33 heavy (non-hydrogen) atoms. The standard InChI is InChI=1S/C23H27N3O7/c1-23(2,3)33-22(31)25-11-13(12-25)9-10-32-16-6-4-5-14-18(16)21(30)26(20(14)29)15-7-8-17(27)24-19(15)28/h4-6,13,15H,7-12H2,1-3H3,(H,24,27,28). The molecule has 0 spiro atoms. The highest BCUT2D eigenvalue weighted by molar-refractivity contribution is 6.24. The highest BCUT2D eigenvalue weighted by atomic mass is 16.6. The summed E-state index contributed by atoms with van der Waals surface area (Å²) in [4.78, 5) is 64.1. The predicted octanol–water partition coefficient (Wildman–Crippen LogP) is 1.72. The van der Waals surface area contributed by atoms with Crippen molar-refractivity contribution >= 4 is 29.7 Å². The summed E-state index contributed by atoms with van der Waals surface area (Å²) in [5, 5.41) is 2.18. The lowest BCUT2D eigenvalue weighted by Gasteiger charge is -2.39. The third kappa shape index (κ3) is 4.55. The van der Waals surface area contributed by atoms with Crippen molar-refractivity contribution in [3.63, 3.8) is 0 Å². The van der Waals surface area contributed by atoms with E-state index >= 15 is 0 Å². The van der Waals surface area contributed by atoms with Gasteiger partial charge in [-0.3, -0.25) is 29.4 Å². The molecule has 1 aromatic rings. The van der Waals surface area contributed by atoms with Crippen molar-refractivity contribution in [1.82, 2.24) is 15.1 Å². The van der Waals surface area contributed by atoms with Gasteiger partial charge in [-0.25, -0.2) is 4.79 Å². The van der Waals surface area contributed by atoms with E-state index in [9.17, 15) is 24.0 Å². The van der Waals surface area contributed by atoms with Crippen LogP contribution in [0.2, 0.25) is 0 Å². The normalized spacial score (nSPS) is 21.0. The number of ether oxygens (including phenoxy) is 2. The number of nitrogens with zero attached hydrogens (tertiary/aromatic N) is 2. The Morgan fingerprint density at radius 1 is 1.12 bits per heavy atom. The Morgan fingerprint density at radius 2 is 1.85 bits per heavy atom. The van der Waals surface area contributed by atoms with E-state index < -0.39 is 35.3 Å². The van der Waals surface area contributed by atoms with Gasteiger partial charge in [0, 0.05) is 19.5 Å². The van der Waals surface area contributed by atoms with Gasteiger partial charge in [-0.15, -0.1) is 0 Å². The average Bonchev–Trinajstić information content (AvgIpc) is 2.94. The number of hydrogen-bond acceptors (Lipinski definition) is 7. The number of likely N-dealkylation sites (tertiary alicyclic amines) is 1. The minimum Gasteiger partial charge on any atom is -0.493 e. The van der Waals surface area contributed by atoms with E-state index in [0.717, 1.165) is 4.90 Å². The van der Waals surface area contributed by atoms with Gasteiger partial charge in [-0.05, 0) is 51.7 Å². The van der Waals surface area contributed by atoms with E-state index in [0.29, 0.717) is 26.1 Å². The molecule has 3 heterocycles. The second kappa shape index (κ2) is 8.49. The van der Waals surface area contributed by atoms with Crippen LogP contribution in [-0.2, 0) is 14.3 Å². The zero-order valence-electron chi connectivity index (χ0n) is 18.9. The van der Waals surface area contributed by atoms with Crippen LogP contribution in [0.1, 0.15) is 60.7 Å². The van der Waals surface area contributed by atoms with Crippen LogP contribution >= 0.6 is 0 Å². The van der Waals surface area contributed by atoms with Gasteiger partial charge in [-0.1, -0.05) is 6.07 Å². The van der Waals surface area contributed by atoms with Crippen LogP contribution in [0.4, 0.5) is 4.79 Å². The molecule has 0 radical (unpaired) electrons. The van der Waals surface area contributed by atoms with Crippen molar-refractivity contribution < 1.29 is 33.4 Å². The first-order chi connectivity index (χ1) is 15.5. The third-order valence-corrected chi connectivity index (χ3v) is 5.82. The van der Waals surface area contributed by atoms with Gasteiger partial charge in [0.1, 0.15) is 17.4 Å². The summed E-state index contributed by atoms with van der Waals surface area (Å²) in [6, 6.07) is 3.75. The zero-order valence-corrected chi connectivity index (χ0v) is 18.9. The number of fused-ring (bicyclic) bond motifs is 1. The summed E-state index contributed by atoms with van der Waals surface area (Å²) >= 11 is 0. The number of imide groups is 2. The fourth-order valence-corrected chi connectivity index (χ4v) is 4.17. The molecule has 0 aromatic heterocycles. The van der Waals surface area contributed by atoms with Gasteiger partial charge in [0.05, 0.1) is 17.7 Å². The minimum absolute atomic E-state index is 0.0644. The molecular weight excluding hydrogens is 430 g/mol. The highest BCUT2D eigenvalue weighted by Crippen LogP contribution is 2.34. The van der Waals surface area contributed by atoms with Gasteiger partial charge in [-0.2, -0.15) is 0 Å². The highest BCUT2D eigenvalue weighted by Gasteiger charge is 2.46. The fraction of sp³-hybridized carbons (Fsp3) is 0.522. The Balaban J connectivity index is 1.35. The number of rotatable bonds is 5. The van der Waals surface area contributed by atoms with E-state index in [1.165, 1.54) is 6.07 Å².